The van der Waals surface area contributed by atoms with Crippen LogP contribution in [0.3, 0.4) is 0 Å². The van der Waals surface area contributed by atoms with E-state index < -0.39 is 5.91 Å². The molecule has 7 nitrogen and oxygen atoms in total. The predicted octanol–water partition coefficient (Wildman–Crippen LogP) is 3.65. The number of primary amides is 1. The van der Waals surface area contributed by atoms with E-state index in [2.05, 4.69) is 20.3 Å². The lowest BCUT2D eigenvalue weighted by atomic mass is 10.0. The first-order chi connectivity index (χ1) is 13.4. The summed E-state index contributed by atoms with van der Waals surface area (Å²) in [5.41, 5.74) is 10.1. The van der Waals surface area contributed by atoms with Crippen LogP contribution >= 0.6 is 11.3 Å². The number of nitrogens with one attached hydrogen (secondary N) is 2. The molecule has 0 atom stereocenters. The van der Waals surface area contributed by atoms with Crippen molar-refractivity contribution in [1.82, 2.24) is 15.0 Å². The quantitative estimate of drug-likeness (QED) is 0.492. The van der Waals surface area contributed by atoms with Crippen LogP contribution in [-0.4, -0.2) is 26.8 Å². The summed E-state index contributed by atoms with van der Waals surface area (Å²) in [5, 5.41) is 5.94. The van der Waals surface area contributed by atoms with Crippen LogP contribution < -0.4 is 11.1 Å². The number of H-pyrrole nitrogens is 1. The van der Waals surface area contributed by atoms with Gasteiger partial charge in [0.1, 0.15) is 5.69 Å². The van der Waals surface area contributed by atoms with E-state index in [1.54, 1.807) is 18.3 Å². The Balaban J connectivity index is 1.63. The molecule has 140 valence electrons. The number of hydrogen-bond acceptors (Lipinski definition) is 5. The van der Waals surface area contributed by atoms with Crippen molar-refractivity contribution >= 4 is 39.2 Å². The van der Waals surface area contributed by atoms with Crippen LogP contribution in [0.2, 0.25) is 0 Å². The van der Waals surface area contributed by atoms with Gasteiger partial charge in [0.25, 0.3) is 11.8 Å². The van der Waals surface area contributed by atoms with Crippen molar-refractivity contribution in [1.29, 1.82) is 0 Å². The number of nitrogens with two attached hydrogens (primary N) is 1. The van der Waals surface area contributed by atoms with E-state index in [1.165, 1.54) is 11.3 Å². The third-order valence-corrected chi connectivity index (χ3v) is 5.06. The number of carbonyl (C=O) groups is 2. The Labute approximate surface area is 164 Å². The zero-order valence-corrected chi connectivity index (χ0v) is 16.1. The number of benzene rings is 1. The maximum Gasteiger partial charge on any atom is 0.265 e. The number of carbonyl (C=O) groups excluding carboxylic acids is 2. The third kappa shape index (κ3) is 3.37. The number of thiazole rings is 1. The van der Waals surface area contributed by atoms with Crippen LogP contribution in [0, 0.1) is 13.8 Å². The minimum absolute atomic E-state index is 0.242. The van der Waals surface area contributed by atoms with Gasteiger partial charge in [0.2, 0.25) is 0 Å². The van der Waals surface area contributed by atoms with Crippen molar-refractivity contribution in [2.24, 2.45) is 5.73 Å². The number of nitrogens with zero attached hydrogens (tertiary/aromatic N) is 2. The molecule has 4 aromatic rings. The summed E-state index contributed by atoms with van der Waals surface area (Å²) in [5.74, 6) is -0.779. The lowest BCUT2D eigenvalue weighted by Crippen LogP contribution is -2.13. The fraction of sp³-hybridized carbons (Fsp3) is 0.100. The molecule has 2 amide bonds. The van der Waals surface area contributed by atoms with Crippen LogP contribution in [-0.2, 0) is 0 Å². The van der Waals surface area contributed by atoms with Crippen molar-refractivity contribution in [2.75, 3.05) is 5.32 Å². The van der Waals surface area contributed by atoms with Gasteiger partial charge in [-0.2, -0.15) is 0 Å². The van der Waals surface area contributed by atoms with Crippen LogP contribution in [0.15, 0.2) is 41.9 Å². The molecule has 1 aromatic carbocycles. The number of aromatic amines is 1. The van der Waals surface area contributed by atoms with Crippen LogP contribution in [0.25, 0.3) is 22.2 Å². The monoisotopic (exact) mass is 391 g/mol. The Morgan fingerprint density at radius 2 is 1.96 bits per heavy atom. The van der Waals surface area contributed by atoms with Crippen LogP contribution in [0.1, 0.15) is 32.1 Å². The summed E-state index contributed by atoms with van der Waals surface area (Å²) in [7, 11) is 0. The van der Waals surface area contributed by atoms with Gasteiger partial charge in [-0.1, -0.05) is 11.6 Å². The first-order valence-corrected chi connectivity index (χ1v) is 9.42. The molecule has 0 saturated carbocycles. The topological polar surface area (TPSA) is 114 Å². The van der Waals surface area contributed by atoms with Crippen molar-refractivity contribution in [2.45, 2.75) is 13.8 Å². The highest BCUT2D eigenvalue weighted by Gasteiger charge is 2.15. The molecule has 0 aliphatic rings. The van der Waals surface area contributed by atoms with Gasteiger partial charge in [-0.3, -0.25) is 19.9 Å². The Morgan fingerprint density at radius 3 is 2.71 bits per heavy atom. The first-order valence-electron chi connectivity index (χ1n) is 8.54. The molecule has 8 heteroatoms. The highest BCUT2D eigenvalue weighted by atomic mass is 32.1. The van der Waals surface area contributed by atoms with Crippen molar-refractivity contribution in [3.05, 3.63) is 64.4 Å². The SMILES string of the molecule is Cc1ccc2nc(C)cc(C(=O)Nc3nc(-c4c[nH]c(C(N)=O)c4)cs3)c2c1. The Hall–Kier alpha value is -3.52. The molecule has 0 spiro atoms. The second-order valence-corrected chi connectivity index (χ2v) is 7.35. The van der Waals surface area contributed by atoms with Crippen molar-refractivity contribution < 1.29 is 9.59 Å². The number of fused-ring (bicyclic) bond motifs is 1. The molecule has 0 radical (unpaired) electrons. The molecule has 0 aliphatic carbocycles. The molecular formula is C20H17N5O2S. The van der Waals surface area contributed by atoms with Gasteiger partial charge in [-0.15, -0.1) is 11.3 Å². The Morgan fingerprint density at radius 1 is 1.14 bits per heavy atom. The third-order valence-electron chi connectivity index (χ3n) is 4.31. The maximum atomic E-state index is 12.9. The van der Waals surface area contributed by atoms with Crippen LogP contribution in [0.4, 0.5) is 5.13 Å². The zero-order valence-electron chi connectivity index (χ0n) is 15.2. The lowest BCUT2D eigenvalue weighted by Gasteiger charge is -2.08. The van der Waals surface area contributed by atoms with Crippen LogP contribution in [0.5, 0.6) is 0 Å². The standard InChI is InChI=1S/C20H17N5O2S/c1-10-3-4-15-13(5-10)14(6-11(2)23-15)19(27)25-20-24-17(9-28-20)12-7-16(18(21)26)22-8-12/h3-9,22H,1-2H3,(H2,21,26)(H,24,25,27). The maximum absolute atomic E-state index is 12.9. The average molecular weight is 391 g/mol. The van der Waals surface area contributed by atoms with E-state index in [9.17, 15) is 9.59 Å². The number of anilines is 1. The van der Waals surface area contributed by atoms with Gasteiger partial charge in [0, 0.05) is 28.2 Å². The van der Waals surface area contributed by atoms with Gasteiger partial charge in [-0.05, 0) is 38.1 Å². The summed E-state index contributed by atoms with van der Waals surface area (Å²) in [6.07, 6.45) is 1.66. The molecule has 3 aromatic heterocycles. The van der Waals surface area contributed by atoms with E-state index in [0.717, 1.165) is 27.7 Å². The van der Waals surface area contributed by atoms with Gasteiger partial charge in [0.15, 0.2) is 5.13 Å². The smallest absolute Gasteiger partial charge is 0.265 e. The second-order valence-electron chi connectivity index (χ2n) is 6.49. The van der Waals surface area contributed by atoms with E-state index in [-0.39, 0.29) is 5.91 Å². The summed E-state index contributed by atoms with van der Waals surface area (Å²) < 4.78 is 0. The van der Waals surface area contributed by atoms with E-state index in [1.807, 2.05) is 37.4 Å². The predicted molar refractivity (Wildman–Crippen MR) is 110 cm³/mol. The first kappa shape index (κ1) is 17.9. The van der Waals surface area contributed by atoms with Gasteiger partial charge < -0.3 is 10.7 Å². The van der Waals surface area contributed by atoms with Gasteiger partial charge in [0.05, 0.1) is 16.8 Å². The fourth-order valence-electron chi connectivity index (χ4n) is 2.97. The summed E-state index contributed by atoms with van der Waals surface area (Å²) >= 11 is 1.31. The van der Waals surface area contributed by atoms with E-state index in [0.29, 0.717) is 22.1 Å². The fourth-order valence-corrected chi connectivity index (χ4v) is 3.69. The number of pyridine rings is 1. The molecule has 0 unspecified atom stereocenters. The minimum Gasteiger partial charge on any atom is -0.364 e. The highest BCUT2D eigenvalue weighted by molar-refractivity contribution is 7.14. The van der Waals surface area contributed by atoms with E-state index >= 15 is 0 Å². The van der Waals surface area contributed by atoms with Gasteiger partial charge in [-0.25, -0.2) is 4.98 Å². The van der Waals surface area contributed by atoms with Crippen molar-refractivity contribution in [3.63, 3.8) is 0 Å². The molecule has 0 aliphatic heterocycles. The number of rotatable bonds is 4. The summed E-state index contributed by atoms with van der Waals surface area (Å²) in [6.45, 7) is 3.84. The number of hydrogen-bond donors (Lipinski definition) is 3. The molecule has 3 heterocycles. The molecule has 0 fully saturated rings. The Bertz CT molecular complexity index is 1220. The van der Waals surface area contributed by atoms with Crippen molar-refractivity contribution in [3.8, 4) is 11.3 Å². The largest absolute Gasteiger partial charge is 0.364 e. The summed E-state index contributed by atoms with van der Waals surface area (Å²) in [4.78, 5) is 35.9. The number of aryl methyl sites for hydroxylation is 2. The normalized spacial score (nSPS) is 10.9. The minimum atomic E-state index is -0.537. The Kier molecular flexibility index (Phi) is 4.40. The highest BCUT2D eigenvalue weighted by Crippen LogP contribution is 2.27. The lowest BCUT2D eigenvalue weighted by molar-refractivity contribution is 0.0994. The van der Waals surface area contributed by atoms with Gasteiger partial charge >= 0.3 is 0 Å². The number of amides is 2. The number of aromatic nitrogens is 3. The summed E-state index contributed by atoms with van der Waals surface area (Å²) in [6, 6.07) is 9.25. The zero-order chi connectivity index (χ0) is 19.8. The molecular weight excluding hydrogens is 374 g/mol. The molecule has 4 rings (SSSR count). The second kappa shape index (κ2) is 6.90. The molecule has 0 saturated heterocycles. The molecule has 0 bridgehead atoms. The average Bonchev–Trinajstić information content (AvgIpc) is 3.30. The van der Waals surface area contributed by atoms with E-state index in [4.69, 9.17) is 5.73 Å². The molecule has 4 N–H and O–H groups in total. The molecule has 28 heavy (non-hydrogen) atoms.